The van der Waals surface area contributed by atoms with E-state index in [0.717, 1.165) is 6.42 Å². The molecule has 7 nitrogen and oxygen atoms in total. The van der Waals surface area contributed by atoms with E-state index in [2.05, 4.69) is 5.32 Å². The maximum absolute atomic E-state index is 12.4. The second-order valence-electron chi connectivity index (χ2n) is 5.47. The molecule has 116 valence electrons. The second kappa shape index (κ2) is 7.84. The molecule has 0 spiro atoms. The van der Waals surface area contributed by atoms with Crippen molar-refractivity contribution in [2.24, 2.45) is 11.7 Å². The van der Waals surface area contributed by atoms with Crippen molar-refractivity contribution in [2.75, 3.05) is 6.54 Å². The Morgan fingerprint density at radius 3 is 2.40 bits per heavy atom. The Bertz CT molecular complexity index is 371. The topological polar surface area (TPSA) is 124 Å². The van der Waals surface area contributed by atoms with Crippen LogP contribution < -0.4 is 11.1 Å². The highest BCUT2D eigenvalue weighted by Gasteiger charge is 2.36. The molecule has 1 aliphatic heterocycles. The zero-order valence-electron chi connectivity index (χ0n) is 12.3. The van der Waals surface area contributed by atoms with Crippen LogP contribution in [0.15, 0.2) is 0 Å². The molecule has 2 atom stereocenters. The molecule has 0 bridgehead atoms. The first-order valence-electron chi connectivity index (χ1n) is 6.69. The fourth-order valence-electron chi connectivity index (χ4n) is 2.46. The Morgan fingerprint density at radius 2 is 1.95 bits per heavy atom. The van der Waals surface area contributed by atoms with Gasteiger partial charge in [0.25, 0.3) is 0 Å². The van der Waals surface area contributed by atoms with Crippen LogP contribution in [0.25, 0.3) is 0 Å². The van der Waals surface area contributed by atoms with Crippen LogP contribution in [-0.4, -0.2) is 46.7 Å². The quantitative estimate of drug-likeness (QED) is 0.687. The predicted octanol–water partition coefficient (Wildman–Crippen LogP) is -0.811. The van der Waals surface area contributed by atoms with Crippen molar-refractivity contribution in [1.82, 2.24) is 10.2 Å². The average molecular weight is 287 g/mol. The Hall–Kier alpha value is -1.63. The first-order chi connectivity index (χ1) is 8.82. The smallest absolute Gasteiger partial charge is 0.245 e. The summed E-state index contributed by atoms with van der Waals surface area (Å²) in [5.41, 5.74) is 5.31. The maximum atomic E-state index is 12.4. The third-order valence-electron chi connectivity index (χ3n) is 3.25. The van der Waals surface area contributed by atoms with Crippen LogP contribution in [0.4, 0.5) is 0 Å². The fourth-order valence-corrected chi connectivity index (χ4v) is 2.46. The van der Waals surface area contributed by atoms with Gasteiger partial charge in [-0.05, 0) is 25.2 Å². The number of likely N-dealkylation sites (tertiary alicyclic amines) is 1. The molecular formula is C13H25N3O4. The molecule has 7 heteroatoms. The molecule has 1 aliphatic rings. The number of rotatable bonds is 5. The summed E-state index contributed by atoms with van der Waals surface area (Å²) in [4.78, 5) is 36.5. The summed E-state index contributed by atoms with van der Waals surface area (Å²) >= 11 is 0. The first-order valence-corrected chi connectivity index (χ1v) is 6.69. The fraction of sp³-hybridized carbons (Fsp3) is 0.769. The molecule has 1 saturated heterocycles. The maximum Gasteiger partial charge on any atom is 0.245 e. The van der Waals surface area contributed by atoms with Crippen molar-refractivity contribution in [3.8, 4) is 0 Å². The number of carbonyl (C=O) groups is 3. The van der Waals surface area contributed by atoms with Gasteiger partial charge in [0.15, 0.2) is 0 Å². The zero-order valence-corrected chi connectivity index (χ0v) is 12.3. The molecular weight excluding hydrogens is 262 g/mol. The molecule has 1 heterocycles. The molecule has 0 aromatic heterocycles. The number of nitrogens with zero attached hydrogens (tertiary/aromatic N) is 1. The van der Waals surface area contributed by atoms with Gasteiger partial charge in [-0.2, -0.15) is 0 Å². The Morgan fingerprint density at radius 1 is 1.35 bits per heavy atom. The van der Waals surface area contributed by atoms with Crippen molar-refractivity contribution in [2.45, 2.75) is 52.1 Å². The molecule has 0 aromatic carbocycles. The largest absolute Gasteiger partial charge is 0.412 e. The van der Waals surface area contributed by atoms with E-state index in [4.69, 9.17) is 5.73 Å². The van der Waals surface area contributed by atoms with Crippen LogP contribution in [-0.2, 0) is 14.4 Å². The highest BCUT2D eigenvalue weighted by Crippen LogP contribution is 2.19. The molecule has 3 amide bonds. The SMILES string of the molecule is CC(=O)N[C@@H](CC(C)C)C(=O)N1CCC[C@H]1C(N)=O.O. The number of primary amides is 1. The van der Waals surface area contributed by atoms with Crippen LogP contribution in [0, 0.1) is 5.92 Å². The highest BCUT2D eigenvalue weighted by atomic mass is 16.2. The summed E-state index contributed by atoms with van der Waals surface area (Å²) in [6, 6.07) is -1.10. The standard InChI is InChI=1S/C13H23N3O3.H2O/c1-8(2)7-10(15-9(3)17)13(19)16-6-4-5-11(16)12(14)18;/h8,10-11H,4-7H2,1-3H3,(H2,14,18)(H,15,17);1H2/t10-,11-;/m0./s1. The molecule has 0 aliphatic carbocycles. The van der Waals surface area contributed by atoms with Crippen LogP contribution in [0.3, 0.4) is 0 Å². The van der Waals surface area contributed by atoms with Crippen LogP contribution in [0.2, 0.25) is 0 Å². The minimum Gasteiger partial charge on any atom is -0.412 e. The molecule has 0 saturated carbocycles. The molecule has 20 heavy (non-hydrogen) atoms. The average Bonchev–Trinajstić information content (AvgIpc) is 2.74. The van der Waals surface area contributed by atoms with Gasteiger partial charge in [0.05, 0.1) is 0 Å². The normalized spacial score (nSPS) is 19.4. The lowest BCUT2D eigenvalue weighted by atomic mass is 10.0. The van der Waals surface area contributed by atoms with E-state index in [0.29, 0.717) is 19.4 Å². The van der Waals surface area contributed by atoms with Crippen LogP contribution in [0.5, 0.6) is 0 Å². The third-order valence-corrected chi connectivity index (χ3v) is 3.25. The minimum atomic E-state index is -0.572. The number of nitrogens with two attached hydrogens (primary N) is 1. The van der Waals surface area contributed by atoms with Gasteiger partial charge in [-0.15, -0.1) is 0 Å². The van der Waals surface area contributed by atoms with Crippen molar-refractivity contribution in [1.29, 1.82) is 0 Å². The second-order valence-corrected chi connectivity index (χ2v) is 5.47. The van der Waals surface area contributed by atoms with E-state index in [9.17, 15) is 14.4 Å². The number of amides is 3. The van der Waals surface area contributed by atoms with Crippen LogP contribution in [0.1, 0.15) is 40.0 Å². The zero-order chi connectivity index (χ0) is 14.6. The summed E-state index contributed by atoms with van der Waals surface area (Å²) in [6.07, 6.45) is 1.93. The van der Waals surface area contributed by atoms with Gasteiger partial charge in [-0.25, -0.2) is 0 Å². The molecule has 1 rings (SSSR count). The Labute approximate surface area is 119 Å². The molecule has 0 radical (unpaired) electrons. The van der Waals surface area contributed by atoms with E-state index in [1.165, 1.54) is 11.8 Å². The van der Waals surface area contributed by atoms with E-state index < -0.39 is 18.0 Å². The summed E-state index contributed by atoms with van der Waals surface area (Å²) in [5, 5.41) is 2.67. The Balaban J connectivity index is 0.00000361. The molecule has 0 aromatic rings. The third kappa shape index (κ3) is 4.80. The Kier molecular flexibility index (Phi) is 7.20. The van der Waals surface area contributed by atoms with Crippen molar-refractivity contribution >= 4 is 17.7 Å². The van der Waals surface area contributed by atoms with Gasteiger partial charge in [0.1, 0.15) is 12.1 Å². The number of hydrogen-bond acceptors (Lipinski definition) is 3. The number of hydrogen-bond donors (Lipinski definition) is 2. The van der Waals surface area contributed by atoms with Gasteiger partial charge in [-0.3, -0.25) is 14.4 Å². The summed E-state index contributed by atoms with van der Waals surface area (Å²) in [7, 11) is 0. The van der Waals surface area contributed by atoms with Crippen LogP contribution >= 0.6 is 0 Å². The van der Waals surface area contributed by atoms with Gasteiger partial charge in [-0.1, -0.05) is 13.8 Å². The predicted molar refractivity (Wildman–Crippen MR) is 74.6 cm³/mol. The first kappa shape index (κ1) is 18.4. The molecule has 0 unspecified atom stereocenters. The van der Waals surface area contributed by atoms with Gasteiger partial charge in [0.2, 0.25) is 17.7 Å². The minimum absolute atomic E-state index is 0. The van der Waals surface area contributed by atoms with Gasteiger partial charge >= 0.3 is 0 Å². The monoisotopic (exact) mass is 287 g/mol. The highest BCUT2D eigenvalue weighted by molar-refractivity contribution is 5.91. The summed E-state index contributed by atoms with van der Waals surface area (Å²) < 4.78 is 0. The van der Waals surface area contributed by atoms with Crippen molar-refractivity contribution < 1.29 is 19.9 Å². The van der Waals surface area contributed by atoms with E-state index in [-0.39, 0.29) is 23.2 Å². The van der Waals surface area contributed by atoms with Crippen molar-refractivity contribution in [3.05, 3.63) is 0 Å². The van der Waals surface area contributed by atoms with Gasteiger partial charge < -0.3 is 21.4 Å². The lowest BCUT2D eigenvalue weighted by molar-refractivity contribution is -0.140. The summed E-state index contributed by atoms with van der Waals surface area (Å²) in [6.45, 7) is 5.88. The van der Waals surface area contributed by atoms with Crippen molar-refractivity contribution in [3.63, 3.8) is 0 Å². The van der Waals surface area contributed by atoms with E-state index in [1.54, 1.807) is 0 Å². The molecule has 1 fully saturated rings. The van der Waals surface area contributed by atoms with E-state index >= 15 is 0 Å². The lowest BCUT2D eigenvalue weighted by Crippen LogP contribution is -2.52. The number of nitrogens with one attached hydrogen (secondary N) is 1. The molecule has 5 N–H and O–H groups in total. The number of carbonyl (C=O) groups excluding carboxylic acids is 3. The van der Waals surface area contributed by atoms with E-state index in [1.807, 2.05) is 13.8 Å². The summed E-state index contributed by atoms with van der Waals surface area (Å²) in [5.74, 6) is -0.647. The van der Waals surface area contributed by atoms with Gasteiger partial charge in [0, 0.05) is 13.5 Å². The lowest BCUT2D eigenvalue weighted by Gasteiger charge is -2.28.